The maximum atomic E-state index is 12.3. The van der Waals surface area contributed by atoms with Gasteiger partial charge in [-0.2, -0.15) is 0 Å². The van der Waals surface area contributed by atoms with Gasteiger partial charge in [0, 0.05) is 24.8 Å². The summed E-state index contributed by atoms with van der Waals surface area (Å²) in [5, 5.41) is 21.0. The van der Waals surface area contributed by atoms with Gasteiger partial charge < -0.3 is 9.84 Å². The lowest BCUT2D eigenvalue weighted by molar-refractivity contribution is -0.384. The van der Waals surface area contributed by atoms with Crippen LogP contribution in [0.3, 0.4) is 0 Å². The van der Waals surface area contributed by atoms with Crippen molar-refractivity contribution in [1.29, 1.82) is 0 Å². The van der Waals surface area contributed by atoms with Crippen LogP contribution in [0.25, 0.3) is 0 Å². The third-order valence-electron chi connectivity index (χ3n) is 4.09. The first-order chi connectivity index (χ1) is 11.7. The maximum absolute atomic E-state index is 12.3. The number of hydrogen-bond acceptors (Lipinski definition) is 7. The van der Waals surface area contributed by atoms with Gasteiger partial charge in [0.2, 0.25) is 0 Å². The highest BCUT2D eigenvalue weighted by Gasteiger charge is 2.46. The van der Waals surface area contributed by atoms with Gasteiger partial charge in [0.1, 0.15) is 11.7 Å². The van der Waals surface area contributed by atoms with Crippen LogP contribution in [0, 0.1) is 21.4 Å². The summed E-state index contributed by atoms with van der Waals surface area (Å²) in [6.45, 7) is 3.40. The van der Waals surface area contributed by atoms with Gasteiger partial charge >= 0.3 is 5.97 Å². The zero-order valence-electron chi connectivity index (χ0n) is 14.1. The molecule has 0 aliphatic heterocycles. The number of rotatable bonds is 4. The van der Waals surface area contributed by atoms with E-state index in [1.165, 1.54) is 37.6 Å². The Morgan fingerprint density at radius 3 is 2.52 bits per heavy atom. The zero-order valence-corrected chi connectivity index (χ0v) is 14.1. The molecule has 0 spiro atoms. The number of aliphatic imine (C=N–C) groups is 1. The molecule has 0 fully saturated rings. The number of benzene rings is 1. The van der Waals surface area contributed by atoms with Crippen molar-refractivity contribution in [3.63, 3.8) is 0 Å². The molecular formula is C17H18N2O6. The first-order valence-electron chi connectivity index (χ1n) is 7.50. The minimum atomic E-state index is -0.964. The Labute approximate surface area is 144 Å². The molecule has 25 heavy (non-hydrogen) atoms. The minimum absolute atomic E-state index is 0.0540. The number of allylic oxidation sites excluding steroid dienone is 1. The van der Waals surface area contributed by atoms with Crippen LogP contribution in [0.15, 0.2) is 40.6 Å². The van der Waals surface area contributed by atoms with Crippen LogP contribution in [0.4, 0.5) is 11.4 Å². The van der Waals surface area contributed by atoms with E-state index in [0.717, 1.165) is 0 Å². The average Bonchev–Trinajstić information content (AvgIpc) is 2.53. The molecule has 1 aliphatic carbocycles. The Kier molecular flexibility index (Phi) is 5.01. The number of aliphatic hydroxyl groups is 1. The molecule has 8 heteroatoms. The van der Waals surface area contributed by atoms with Gasteiger partial charge in [-0.15, -0.1) is 0 Å². The number of non-ortho nitro benzene ring substituents is 1. The van der Waals surface area contributed by atoms with E-state index in [2.05, 4.69) is 4.99 Å². The van der Waals surface area contributed by atoms with Crippen molar-refractivity contribution in [1.82, 2.24) is 0 Å². The number of carbonyl (C=O) groups is 2. The summed E-state index contributed by atoms with van der Waals surface area (Å²) < 4.78 is 4.72. The summed E-state index contributed by atoms with van der Waals surface area (Å²) in [5.41, 5.74) is -0.549. The van der Waals surface area contributed by atoms with Gasteiger partial charge in [-0.1, -0.05) is 13.8 Å². The number of ketones is 1. The number of methoxy groups -OCH3 is 1. The third kappa shape index (κ3) is 3.73. The lowest BCUT2D eigenvalue weighted by atomic mass is 9.68. The van der Waals surface area contributed by atoms with Gasteiger partial charge in [0.15, 0.2) is 5.78 Å². The van der Waals surface area contributed by atoms with E-state index in [-0.39, 0.29) is 29.2 Å². The number of esters is 1. The highest BCUT2D eigenvalue weighted by atomic mass is 16.6. The van der Waals surface area contributed by atoms with Crippen molar-refractivity contribution in [3.8, 4) is 0 Å². The predicted molar refractivity (Wildman–Crippen MR) is 89.8 cm³/mol. The predicted octanol–water partition coefficient (Wildman–Crippen LogP) is 2.90. The molecule has 2 rings (SSSR count). The highest BCUT2D eigenvalue weighted by molar-refractivity contribution is 6.15. The van der Waals surface area contributed by atoms with E-state index < -0.39 is 22.2 Å². The van der Waals surface area contributed by atoms with Crippen molar-refractivity contribution >= 4 is 29.3 Å². The molecule has 0 amide bonds. The van der Waals surface area contributed by atoms with E-state index in [9.17, 15) is 24.8 Å². The molecule has 132 valence electrons. The number of aliphatic hydroxyl groups excluding tert-OH is 1. The van der Waals surface area contributed by atoms with Crippen LogP contribution >= 0.6 is 0 Å². The summed E-state index contributed by atoms with van der Waals surface area (Å²) >= 11 is 0. The van der Waals surface area contributed by atoms with Crippen LogP contribution in [0.5, 0.6) is 0 Å². The number of Topliss-reactive ketones (excluding diaryl/α,β-unsaturated/α-hetero) is 1. The number of carbonyl (C=O) groups excluding carboxylic acids is 2. The SMILES string of the molecule is COC(=O)C1C(O)=C(C=Nc2ccc([N+](=O)[O-])cc2)C(=O)CC1(C)C. The number of ether oxygens (including phenoxy) is 1. The van der Waals surface area contributed by atoms with Crippen LogP contribution in [0.2, 0.25) is 0 Å². The first kappa shape index (κ1) is 18.3. The molecule has 0 aromatic heterocycles. The normalized spacial score (nSPS) is 20.0. The van der Waals surface area contributed by atoms with Crippen molar-refractivity contribution in [3.05, 3.63) is 45.7 Å². The summed E-state index contributed by atoms with van der Waals surface area (Å²) in [5.74, 6) is -2.31. The van der Waals surface area contributed by atoms with Gasteiger partial charge in [0.25, 0.3) is 5.69 Å². The Morgan fingerprint density at radius 1 is 1.40 bits per heavy atom. The molecule has 0 radical (unpaired) electrons. The van der Waals surface area contributed by atoms with Gasteiger partial charge in [-0.3, -0.25) is 24.7 Å². The molecule has 0 bridgehead atoms. The van der Waals surface area contributed by atoms with E-state index in [0.29, 0.717) is 5.69 Å². The van der Waals surface area contributed by atoms with Crippen molar-refractivity contribution < 1.29 is 24.4 Å². The Morgan fingerprint density at radius 2 is 2.00 bits per heavy atom. The Balaban J connectivity index is 2.37. The summed E-state index contributed by atoms with van der Waals surface area (Å²) in [4.78, 5) is 38.4. The van der Waals surface area contributed by atoms with E-state index >= 15 is 0 Å². The molecule has 1 aliphatic rings. The van der Waals surface area contributed by atoms with E-state index in [4.69, 9.17) is 4.74 Å². The molecule has 1 unspecified atom stereocenters. The summed E-state index contributed by atoms with van der Waals surface area (Å²) in [6.07, 6.45) is 1.22. The third-order valence-corrected chi connectivity index (χ3v) is 4.09. The fraction of sp³-hybridized carbons (Fsp3) is 0.353. The second kappa shape index (κ2) is 6.84. The fourth-order valence-electron chi connectivity index (χ4n) is 2.77. The lowest BCUT2D eigenvalue weighted by Crippen LogP contribution is -2.40. The number of nitrogens with zero attached hydrogens (tertiary/aromatic N) is 2. The van der Waals surface area contributed by atoms with E-state index in [1.807, 2.05) is 0 Å². The van der Waals surface area contributed by atoms with E-state index in [1.54, 1.807) is 13.8 Å². The van der Waals surface area contributed by atoms with Crippen molar-refractivity contribution in [2.75, 3.05) is 7.11 Å². The maximum Gasteiger partial charge on any atom is 0.316 e. The molecule has 1 N–H and O–H groups in total. The van der Waals surface area contributed by atoms with Crippen molar-refractivity contribution in [2.24, 2.45) is 16.3 Å². The molecule has 0 heterocycles. The molecule has 0 saturated heterocycles. The standard InChI is InChI=1S/C17H18N2O6/c1-17(2)8-13(20)12(15(21)14(17)16(22)25-3)9-18-10-4-6-11(7-5-10)19(23)24/h4-7,9,14,21H,8H2,1-3H3. The largest absolute Gasteiger partial charge is 0.511 e. The lowest BCUT2D eigenvalue weighted by Gasteiger charge is -2.35. The zero-order chi connectivity index (χ0) is 18.8. The number of hydrogen-bond donors (Lipinski definition) is 1. The smallest absolute Gasteiger partial charge is 0.316 e. The fourth-order valence-corrected chi connectivity index (χ4v) is 2.77. The monoisotopic (exact) mass is 346 g/mol. The van der Waals surface area contributed by atoms with Gasteiger partial charge in [0.05, 0.1) is 23.3 Å². The molecular weight excluding hydrogens is 328 g/mol. The van der Waals surface area contributed by atoms with Crippen LogP contribution < -0.4 is 0 Å². The number of nitro benzene ring substituents is 1. The summed E-state index contributed by atoms with van der Waals surface area (Å²) in [7, 11) is 1.22. The van der Waals surface area contributed by atoms with Gasteiger partial charge in [-0.05, 0) is 17.5 Å². The molecule has 1 aromatic rings. The summed E-state index contributed by atoms with van der Waals surface area (Å²) in [6, 6.07) is 5.40. The Bertz CT molecular complexity index is 777. The van der Waals surface area contributed by atoms with Crippen LogP contribution in [-0.2, 0) is 14.3 Å². The first-order valence-corrected chi connectivity index (χ1v) is 7.50. The average molecular weight is 346 g/mol. The Hall–Kier alpha value is -3.03. The van der Waals surface area contributed by atoms with Crippen LogP contribution in [0.1, 0.15) is 20.3 Å². The molecule has 1 aromatic carbocycles. The molecule has 1 atom stereocenters. The van der Waals surface area contributed by atoms with Gasteiger partial charge in [-0.25, -0.2) is 0 Å². The topological polar surface area (TPSA) is 119 Å². The molecule has 8 nitrogen and oxygen atoms in total. The number of nitro groups is 1. The minimum Gasteiger partial charge on any atom is -0.511 e. The molecule has 0 saturated carbocycles. The second-order valence-corrected chi connectivity index (χ2v) is 6.38. The van der Waals surface area contributed by atoms with Crippen molar-refractivity contribution in [2.45, 2.75) is 20.3 Å². The quantitative estimate of drug-likeness (QED) is 0.387. The highest BCUT2D eigenvalue weighted by Crippen LogP contribution is 2.41. The second-order valence-electron chi connectivity index (χ2n) is 6.38. The van der Waals surface area contributed by atoms with Crippen LogP contribution in [-0.4, -0.2) is 35.1 Å².